The Labute approximate surface area is 117 Å². The maximum Gasteiger partial charge on any atom is 0.639 e. The molecule has 1 fully saturated rings. The van der Waals surface area contributed by atoms with Gasteiger partial charge in [0.15, 0.2) is 18.1 Å². The Balaban J connectivity index is 3.00. The first kappa shape index (κ1) is 16.9. The van der Waals surface area contributed by atoms with E-state index in [9.17, 15) is 0 Å². The molecule has 1 rings (SSSR count). The molecule has 10 heteroatoms. The Morgan fingerprint density at radius 2 is 1.00 bits per heavy atom. The van der Waals surface area contributed by atoms with Gasteiger partial charge in [-0.2, -0.15) is 0 Å². The van der Waals surface area contributed by atoms with Crippen LogP contribution in [0.2, 0.25) is 52.4 Å². The summed E-state index contributed by atoms with van der Waals surface area (Å²) in [6, 6.07) is 0. The molecule has 0 unspecified atom stereocenters. The maximum atomic E-state index is 6.11. The van der Waals surface area contributed by atoms with Crippen molar-refractivity contribution >= 4 is 44.3 Å². The molecule has 0 spiro atoms. The minimum atomic E-state index is -2.96. The van der Waals surface area contributed by atoms with Crippen LogP contribution >= 0.6 is 0 Å². The average molecular weight is 343 g/mol. The van der Waals surface area contributed by atoms with Gasteiger partial charge in [0.1, 0.15) is 0 Å². The lowest BCUT2D eigenvalue weighted by Crippen LogP contribution is -2.70. The molecule has 18 heavy (non-hydrogen) atoms. The van der Waals surface area contributed by atoms with Crippen LogP contribution in [0.15, 0.2) is 0 Å². The molecule has 0 aliphatic carbocycles. The van der Waals surface area contributed by atoms with Crippen LogP contribution in [0.25, 0.3) is 0 Å². The summed E-state index contributed by atoms with van der Waals surface area (Å²) in [4.78, 5) is 0. The summed E-state index contributed by atoms with van der Waals surface area (Å²) in [5.74, 6) is 0. The van der Waals surface area contributed by atoms with Gasteiger partial charge in [-0.05, 0) is 52.4 Å². The largest absolute Gasteiger partial charge is 0.639 e. The standard InChI is InChI=1S/C8H26O5Si5/c1-14(2)9-18(10-15(3)4)12-16(5,6)11-17(7,8)13-18/h14-15H,1-8H3. The van der Waals surface area contributed by atoms with Crippen molar-refractivity contribution in [3.8, 4) is 0 Å². The highest BCUT2D eigenvalue weighted by Gasteiger charge is 2.60. The Hall–Kier alpha value is 0.884. The van der Waals surface area contributed by atoms with Crippen molar-refractivity contribution in [3.05, 3.63) is 0 Å². The molecule has 1 heterocycles. The van der Waals surface area contributed by atoms with E-state index < -0.39 is 44.3 Å². The molecular formula is C8H26O5Si5. The fourth-order valence-corrected chi connectivity index (χ4v) is 21.0. The molecule has 0 aromatic carbocycles. The molecule has 1 saturated heterocycles. The van der Waals surface area contributed by atoms with Crippen LogP contribution < -0.4 is 0 Å². The summed E-state index contributed by atoms with van der Waals surface area (Å²) in [5.41, 5.74) is 0. The fourth-order valence-electron chi connectivity index (χ4n) is 1.96. The Kier molecular flexibility index (Phi) is 5.37. The van der Waals surface area contributed by atoms with E-state index in [1.165, 1.54) is 0 Å². The van der Waals surface area contributed by atoms with Gasteiger partial charge in [-0.25, -0.2) is 0 Å². The number of rotatable bonds is 4. The van der Waals surface area contributed by atoms with Crippen LogP contribution in [0.5, 0.6) is 0 Å². The highest BCUT2D eigenvalue weighted by atomic mass is 28.6. The SMILES string of the molecule is C[SiH](C)O[Si]1(O[SiH](C)C)O[Si](C)(C)O[Si](C)(C)O1. The highest BCUT2D eigenvalue weighted by molar-refractivity contribution is 6.92. The van der Waals surface area contributed by atoms with E-state index in [0.29, 0.717) is 0 Å². The van der Waals surface area contributed by atoms with Gasteiger partial charge in [0.05, 0.1) is 0 Å². The second kappa shape index (κ2) is 5.71. The zero-order chi connectivity index (χ0) is 14.2. The third-order valence-corrected chi connectivity index (χ3v) is 17.9. The second-order valence-corrected chi connectivity index (χ2v) is 21.1. The minimum absolute atomic E-state index is 1.29. The molecule has 0 atom stereocenters. The third-order valence-electron chi connectivity index (χ3n) is 1.99. The molecule has 0 N–H and O–H groups in total. The van der Waals surface area contributed by atoms with Gasteiger partial charge >= 0.3 is 26.2 Å². The van der Waals surface area contributed by atoms with Gasteiger partial charge in [0, 0.05) is 0 Å². The van der Waals surface area contributed by atoms with E-state index in [-0.39, 0.29) is 0 Å². The van der Waals surface area contributed by atoms with Gasteiger partial charge < -0.3 is 20.6 Å². The predicted octanol–water partition coefficient (Wildman–Crippen LogP) is 1.89. The molecule has 0 radical (unpaired) electrons. The van der Waals surface area contributed by atoms with Crippen molar-refractivity contribution < 1.29 is 20.6 Å². The summed E-state index contributed by atoms with van der Waals surface area (Å²) in [7, 11) is -9.94. The van der Waals surface area contributed by atoms with Crippen molar-refractivity contribution in [1.29, 1.82) is 0 Å². The van der Waals surface area contributed by atoms with Gasteiger partial charge in [0.2, 0.25) is 0 Å². The van der Waals surface area contributed by atoms with Crippen LogP contribution in [0.4, 0.5) is 0 Å². The van der Waals surface area contributed by atoms with Crippen LogP contribution in [0.1, 0.15) is 0 Å². The molecule has 1 aliphatic rings. The van der Waals surface area contributed by atoms with Crippen molar-refractivity contribution in [1.82, 2.24) is 0 Å². The van der Waals surface area contributed by atoms with Crippen LogP contribution in [0.3, 0.4) is 0 Å². The Morgan fingerprint density at radius 3 is 1.28 bits per heavy atom. The van der Waals surface area contributed by atoms with Gasteiger partial charge in [-0.15, -0.1) is 0 Å². The van der Waals surface area contributed by atoms with E-state index in [2.05, 4.69) is 26.2 Å². The summed E-state index contributed by atoms with van der Waals surface area (Å²) in [6.07, 6.45) is 0. The zero-order valence-electron chi connectivity index (χ0n) is 12.7. The lowest BCUT2D eigenvalue weighted by molar-refractivity contribution is 0.0978. The smallest absolute Gasteiger partial charge is 0.416 e. The monoisotopic (exact) mass is 342 g/mol. The van der Waals surface area contributed by atoms with Gasteiger partial charge in [-0.1, -0.05) is 0 Å². The molecule has 0 saturated carbocycles. The fraction of sp³-hybridized carbons (Fsp3) is 1.00. The van der Waals surface area contributed by atoms with Crippen LogP contribution in [0, 0.1) is 0 Å². The van der Waals surface area contributed by atoms with Crippen molar-refractivity contribution in [2.75, 3.05) is 0 Å². The summed E-state index contributed by atoms with van der Waals surface area (Å²) < 4.78 is 30.4. The first-order valence-electron chi connectivity index (χ1n) is 6.41. The van der Waals surface area contributed by atoms with Gasteiger partial charge in [-0.3, -0.25) is 0 Å². The summed E-state index contributed by atoms with van der Waals surface area (Å²) >= 11 is 0. The molecule has 5 nitrogen and oxygen atoms in total. The lowest BCUT2D eigenvalue weighted by atomic mass is 11.9. The second-order valence-electron chi connectivity index (χ2n) is 5.94. The minimum Gasteiger partial charge on any atom is -0.416 e. The van der Waals surface area contributed by atoms with Gasteiger partial charge in [0.25, 0.3) is 0 Å². The summed E-state index contributed by atoms with van der Waals surface area (Å²) in [5, 5.41) is 0. The molecule has 0 bridgehead atoms. The Morgan fingerprint density at radius 1 is 0.667 bits per heavy atom. The summed E-state index contributed by atoms with van der Waals surface area (Å²) in [6.45, 7) is 16.6. The van der Waals surface area contributed by atoms with E-state index in [4.69, 9.17) is 20.6 Å². The quantitative estimate of drug-likeness (QED) is 0.730. The van der Waals surface area contributed by atoms with Crippen molar-refractivity contribution in [2.24, 2.45) is 0 Å². The number of hydrogen-bond donors (Lipinski definition) is 0. The lowest BCUT2D eigenvalue weighted by Gasteiger charge is -2.47. The topological polar surface area (TPSA) is 46.2 Å². The van der Waals surface area contributed by atoms with E-state index in [1.807, 2.05) is 26.2 Å². The molecule has 108 valence electrons. The maximum absolute atomic E-state index is 6.11. The predicted molar refractivity (Wildman–Crippen MR) is 83.9 cm³/mol. The molecule has 0 amide bonds. The highest BCUT2D eigenvalue weighted by Crippen LogP contribution is 2.32. The molecular weight excluding hydrogens is 317 g/mol. The molecule has 0 aromatic rings. The van der Waals surface area contributed by atoms with E-state index in [0.717, 1.165) is 0 Å². The van der Waals surface area contributed by atoms with Crippen molar-refractivity contribution in [2.45, 2.75) is 52.4 Å². The molecule has 0 aromatic heterocycles. The first-order valence-corrected chi connectivity index (χ1v) is 19.2. The van der Waals surface area contributed by atoms with E-state index in [1.54, 1.807) is 0 Å². The first-order chi connectivity index (χ1) is 7.95. The Bertz CT molecular complexity index is 268. The zero-order valence-corrected chi connectivity index (χ0v) is 18.0. The third kappa shape index (κ3) is 5.11. The van der Waals surface area contributed by atoms with E-state index >= 15 is 0 Å². The molecule has 1 aliphatic heterocycles. The van der Waals surface area contributed by atoms with Crippen LogP contribution in [-0.4, -0.2) is 44.3 Å². The average Bonchev–Trinajstić information content (AvgIpc) is 1.90. The van der Waals surface area contributed by atoms with Crippen LogP contribution in [-0.2, 0) is 20.6 Å². The normalized spacial score (nSPS) is 25.7. The number of hydrogen-bond acceptors (Lipinski definition) is 5. The van der Waals surface area contributed by atoms with Crippen molar-refractivity contribution in [3.63, 3.8) is 0 Å².